The first kappa shape index (κ1) is 12.2. The van der Waals surface area contributed by atoms with Crippen molar-refractivity contribution in [1.29, 1.82) is 0 Å². The number of nitrogens with one attached hydrogen (secondary N) is 1. The summed E-state index contributed by atoms with van der Waals surface area (Å²) in [7, 11) is 1.94. The van der Waals surface area contributed by atoms with Crippen molar-refractivity contribution in [3.8, 4) is 0 Å². The Bertz CT molecular complexity index is 479. The van der Waals surface area contributed by atoms with Crippen LogP contribution in [0, 0.1) is 0 Å². The molecule has 0 aliphatic rings. The van der Waals surface area contributed by atoms with Crippen LogP contribution in [0.25, 0.3) is 0 Å². The average Bonchev–Trinajstić information content (AvgIpc) is 2.74. The van der Waals surface area contributed by atoms with Crippen LogP contribution in [0.2, 0.25) is 0 Å². The molecule has 0 aliphatic carbocycles. The largest absolute Gasteiger partial charge is 0.313 e. The van der Waals surface area contributed by atoms with E-state index in [1.54, 1.807) is 11.8 Å². The monoisotopic (exact) mass is 247 g/mol. The minimum atomic E-state index is 0.917. The fourth-order valence-corrected chi connectivity index (χ4v) is 2.56. The lowest BCUT2D eigenvalue weighted by Crippen LogP contribution is -2.12. The maximum atomic E-state index is 4.18. The molecule has 2 aromatic rings. The van der Waals surface area contributed by atoms with Gasteiger partial charge in [-0.15, -0.1) is 0 Å². The second-order valence-corrected chi connectivity index (χ2v) is 4.96. The standard InChI is InChI=1S/C13H17N3S/c1-3-14-8-11-6-4-5-7-13(11)17-12-9-15-16(2)10-12/h4-7,9-10,14H,3,8H2,1-2H3. The van der Waals surface area contributed by atoms with Gasteiger partial charge in [-0.3, -0.25) is 4.68 Å². The summed E-state index contributed by atoms with van der Waals surface area (Å²) in [6, 6.07) is 8.49. The summed E-state index contributed by atoms with van der Waals surface area (Å²) in [6.07, 6.45) is 3.93. The Morgan fingerprint density at radius 3 is 2.88 bits per heavy atom. The third-order valence-corrected chi connectivity index (χ3v) is 3.51. The smallest absolute Gasteiger partial charge is 0.0629 e. The van der Waals surface area contributed by atoms with E-state index in [9.17, 15) is 0 Å². The molecule has 17 heavy (non-hydrogen) atoms. The zero-order chi connectivity index (χ0) is 12.1. The van der Waals surface area contributed by atoms with Crippen LogP contribution in [0.3, 0.4) is 0 Å². The molecule has 0 saturated carbocycles. The van der Waals surface area contributed by atoms with Crippen molar-refractivity contribution in [1.82, 2.24) is 15.1 Å². The summed E-state index contributed by atoms with van der Waals surface area (Å²) in [5.41, 5.74) is 1.34. The minimum absolute atomic E-state index is 0.917. The van der Waals surface area contributed by atoms with Crippen molar-refractivity contribution in [2.75, 3.05) is 6.54 Å². The summed E-state index contributed by atoms with van der Waals surface area (Å²) in [6.45, 7) is 4.03. The zero-order valence-corrected chi connectivity index (χ0v) is 11.0. The summed E-state index contributed by atoms with van der Waals surface area (Å²) in [5.74, 6) is 0. The van der Waals surface area contributed by atoms with Gasteiger partial charge in [-0.2, -0.15) is 5.10 Å². The third kappa shape index (κ3) is 3.35. The Hall–Kier alpha value is -1.26. The maximum absolute atomic E-state index is 4.18. The number of hydrogen-bond donors (Lipinski definition) is 1. The number of nitrogens with zero attached hydrogens (tertiary/aromatic N) is 2. The molecule has 0 radical (unpaired) electrons. The number of aromatic nitrogens is 2. The lowest BCUT2D eigenvalue weighted by Gasteiger charge is -2.08. The lowest BCUT2D eigenvalue weighted by molar-refractivity contribution is 0.718. The maximum Gasteiger partial charge on any atom is 0.0629 e. The molecule has 0 amide bonds. The second-order valence-electron chi connectivity index (χ2n) is 3.84. The highest BCUT2D eigenvalue weighted by Crippen LogP contribution is 2.29. The Morgan fingerprint density at radius 2 is 2.18 bits per heavy atom. The van der Waals surface area contributed by atoms with Gasteiger partial charge in [-0.1, -0.05) is 36.9 Å². The van der Waals surface area contributed by atoms with Gasteiger partial charge in [0.25, 0.3) is 0 Å². The highest BCUT2D eigenvalue weighted by Gasteiger charge is 2.04. The Kier molecular flexibility index (Phi) is 4.23. The van der Waals surface area contributed by atoms with E-state index in [2.05, 4.69) is 41.6 Å². The molecule has 1 aromatic carbocycles. The lowest BCUT2D eigenvalue weighted by atomic mass is 10.2. The molecule has 1 N–H and O–H groups in total. The Morgan fingerprint density at radius 1 is 1.35 bits per heavy atom. The van der Waals surface area contributed by atoms with Gasteiger partial charge in [-0.25, -0.2) is 0 Å². The first-order valence-corrected chi connectivity index (χ1v) is 6.56. The predicted octanol–water partition coefficient (Wildman–Crippen LogP) is 2.68. The highest BCUT2D eigenvalue weighted by molar-refractivity contribution is 7.99. The quantitative estimate of drug-likeness (QED) is 0.881. The molecule has 0 aliphatic heterocycles. The van der Waals surface area contributed by atoms with Gasteiger partial charge >= 0.3 is 0 Å². The van der Waals surface area contributed by atoms with Gasteiger partial charge in [0.1, 0.15) is 0 Å². The minimum Gasteiger partial charge on any atom is -0.313 e. The third-order valence-electron chi connectivity index (χ3n) is 2.45. The van der Waals surface area contributed by atoms with Gasteiger partial charge in [0.2, 0.25) is 0 Å². The van der Waals surface area contributed by atoms with Gasteiger partial charge in [-0.05, 0) is 18.2 Å². The summed E-state index contributed by atoms with van der Waals surface area (Å²) >= 11 is 1.76. The van der Waals surface area contributed by atoms with Crippen LogP contribution in [0.15, 0.2) is 46.5 Å². The van der Waals surface area contributed by atoms with E-state index >= 15 is 0 Å². The molecule has 0 spiro atoms. The van der Waals surface area contributed by atoms with Crippen LogP contribution >= 0.6 is 11.8 Å². The molecular weight excluding hydrogens is 230 g/mol. The predicted molar refractivity (Wildman–Crippen MR) is 71.2 cm³/mol. The SMILES string of the molecule is CCNCc1ccccc1Sc1cnn(C)c1. The fourth-order valence-electron chi connectivity index (χ4n) is 1.59. The molecule has 1 aromatic heterocycles. The van der Waals surface area contributed by atoms with Crippen LogP contribution in [0.5, 0.6) is 0 Å². The van der Waals surface area contributed by atoms with E-state index < -0.39 is 0 Å². The van der Waals surface area contributed by atoms with Crippen molar-refractivity contribution >= 4 is 11.8 Å². The van der Waals surface area contributed by atoms with Crippen molar-refractivity contribution in [3.05, 3.63) is 42.2 Å². The van der Waals surface area contributed by atoms with Crippen LogP contribution in [0.4, 0.5) is 0 Å². The van der Waals surface area contributed by atoms with Crippen molar-refractivity contribution in [3.63, 3.8) is 0 Å². The topological polar surface area (TPSA) is 29.9 Å². The second kappa shape index (κ2) is 5.89. The van der Waals surface area contributed by atoms with E-state index in [4.69, 9.17) is 0 Å². The van der Waals surface area contributed by atoms with Crippen molar-refractivity contribution in [2.24, 2.45) is 7.05 Å². The zero-order valence-electron chi connectivity index (χ0n) is 10.2. The van der Waals surface area contributed by atoms with Crippen LogP contribution in [-0.4, -0.2) is 16.3 Å². The molecule has 0 atom stereocenters. The van der Waals surface area contributed by atoms with E-state index in [0.717, 1.165) is 13.1 Å². The van der Waals surface area contributed by atoms with Crippen molar-refractivity contribution < 1.29 is 0 Å². The molecule has 0 fully saturated rings. The molecule has 2 rings (SSSR count). The summed E-state index contributed by atoms with van der Waals surface area (Å²) < 4.78 is 1.83. The number of benzene rings is 1. The summed E-state index contributed by atoms with van der Waals surface area (Å²) in [4.78, 5) is 2.47. The van der Waals surface area contributed by atoms with Crippen LogP contribution < -0.4 is 5.32 Å². The van der Waals surface area contributed by atoms with Gasteiger partial charge in [0.05, 0.1) is 11.1 Å². The van der Waals surface area contributed by atoms with Gasteiger partial charge in [0, 0.05) is 24.7 Å². The number of aryl methyl sites for hydroxylation is 1. The molecule has 90 valence electrons. The molecule has 1 heterocycles. The first-order chi connectivity index (χ1) is 8.29. The van der Waals surface area contributed by atoms with Gasteiger partial charge in [0.15, 0.2) is 0 Å². The first-order valence-electron chi connectivity index (χ1n) is 5.74. The fraction of sp³-hybridized carbons (Fsp3) is 0.308. The Balaban J connectivity index is 2.14. The molecule has 0 unspecified atom stereocenters. The molecule has 4 heteroatoms. The highest BCUT2D eigenvalue weighted by atomic mass is 32.2. The van der Waals surface area contributed by atoms with E-state index in [0.29, 0.717) is 0 Å². The molecular formula is C13H17N3S. The Labute approximate surface area is 106 Å². The number of rotatable bonds is 5. The van der Waals surface area contributed by atoms with Crippen LogP contribution in [0.1, 0.15) is 12.5 Å². The number of hydrogen-bond acceptors (Lipinski definition) is 3. The van der Waals surface area contributed by atoms with E-state index in [1.807, 2.05) is 24.1 Å². The van der Waals surface area contributed by atoms with Gasteiger partial charge < -0.3 is 5.32 Å². The average molecular weight is 247 g/mol. The normalized spacial score (nSPS) is 10.7. The van der Waals surface area contributed by atoms with Crippen LogP contribution in [-0.2, 0) is 13.6 Å². The van der Waals surface area contributed by atoms with E-state index in [-0.39, 0.29) is 0 Å². The van der Waals surface area contributed by atoms with Crippen molar-refractivity contribution in [2.45, 2.75) is 23.3 Å². The summed E-state index contributed by atoms with van der Waals surface area (Å²) in [5, 5.41) is 7.55. The molecule has 3 nitrogen and oxygen atoms in total. The molecule has 0 bridgehead atoms. The van der Waals surface area contributed by atoms with E-state index in [1.165, 1.54) is 15.4 Å². The molecule has 0 saturated heterocycles.